The van der Waals surface area contributed by atoms with E-state index in [0.29, 0.717) is 37.6 Å². The zero-order valence-electron chi connectivity index (χ0n) is 23.7. The fourth-order valence-corrected chi connectivity index (χ4v) is 97.2. The Bertz CT molecular complexity index is 1470. The fourth-order valence-electron chi connectivity index (χ4n) is 21.1. The molecule has 7 heteroatoms. The maximum absolute atomic E-state index is 14.1. The molecular formula is C32H46FeO6. The van der Waals surface area contributed by atoms with Crippen LogP contribution in [0.3, 0.4) is 0 Å². The van der Waals surface area contributed by atoms with E-state index in [2.05, 4.69) is 0 Å². The van der Waals surface area contributed by atoms with Crippen molar-refractivity contribution in [3.8, 4) is 0 Å². The van der Waals surface area contributed by atoms with E-state index in [-0.39, 0.29) is 20.6 Å². The quantitative estimate of drug-likeness (QED) is 0.0826. The molecular weight excluding hydrogens is 536 g/mol. The zero-order valence-corrected chi connectivity index (χ0v) is 24.8. The van der Waals surface area contributed by atoms with Gasteiger partial charge < -0.3 is 0 Å². The van der Waals surface area contributed by atoms with Crippen LogP contribution in [0.2, 0.25) is 47.2 Å². The normalized spacial score (nSPS) is 60.1. The Hall–Kier alpha value is -1.20. The first-order chi connectivity index (χ1) is 18.7. The maximum atomic E-state index is 14.1. The summed E-state index contributed by atoms with van der Waals surface area (Å²) < 4.78 is 10.3. The second kappa shape index (κ2) is 3.91. The van der Waals surface area contributed by atoms with Gasteiger partial charge in [-0.05, 0) is 13.8 Å². The molecule has 8 unspecified atom stereocenters. The van der Waals surface area contributed by atoms with E-state index in [0.717, 1.165) is 116 Å². The van der Waals surface area contributed by atoms with Gasteiger partial charge in [-0.15, -0.1) is 0 Å². The van der Waals surface area contributed by atoms with Crippen molar-refractivity contribution in [3.63, 3.8) is 0 Å². The predicted octanol–water partition coefficient (Wildman–Crippen LogP) is 7.84. The number of ether oxygens (including phenoxy) is 2. The summed E-state index contributed by atoms with van der Waals surface area (Å²) in [6, 6.07) is 0. The van der Waals surface area contributed by atoms with Crippen molar-refractivity contribution in [2.75, 3.05) is 13.2 Å². The van der Waals surface area contributed by atoms with Crippen LogP contribution in [-0.4, -0.2) is 36.7 Å². The van der Waals surface area contributed by atoms with Gasteiger partial charge >= 0.3 is 209 Å². The van der Waals surface area contributed by atoms with E-state index in [9.17, 15) is 19.2 Å². The number of carbonyl (C=O) groups is 4. The molecule has 0 bridgehead atoms. The summed E-state index contributed by atoms with van der Waals surface area (Å²) in [6.07, 6.45) is 12.8. The van der Waals surface area contributed by atoms with E-state index < -0.39 is 6.51 Å². The molecule has 6 nitrogen and oxygen atoms in total. The van der Waals surface area contributed by atoms with Crippen molar-refractivity contribution in [2.24, 2.45) is 0 Å². The number of fused-ring (bicyclic) bond motifs is 10. The van der Waals surface area contributed by atoms with Gasteiger partial charge in [0.25, 0.3) is 0 Å². The summed E-state index contributed by atoms with van der Waals surface area (Å²) in [4.78, 5) is 58.3. The second-order valence-electron chi connectivity index (χ2n) is 16.8. The number of hydrogen-bond donors (Lipinski definition) is 0. The molecule has 0 radical (unpaired) electrons. The molecule has 218 valence electrons. The van der Waals surface area contributed by atoms with E-state index in [1.807, 2.05) is 13.8 Å². The number of hydrogen-bond acceptors (Lipinski definition) is 6. The van der Waals surface area contributed by atoms with Crippen molar-refractivity contribution in [2.45, 2.75) is 151 Å². The minimum absolute atomic E-state index is 0.0931. The number of rotatable bonds is 20. The van der Waals surface area contributed by atoms with Crippen LogP contribution in [-0.2, 0) is 35.2 Å². The summed E-state index contributed by atoms with van der Waals surface area (Å²) in [7, 11) is 0. The first-order valence-corrected chi connectivity index (χ1v) is 22.5. The molecule has 10 fully saturated rings. The molecule has 10 aliphatic heterocycles. The second-order valence-corrected chi connectivity index (χ2v) is 40.0. The summed E-state index contributed by atoms with van der Waals surface area (Å²) in [5.41, 5.74) is 0. The Kier molecular flexibility index (Phi) is 2.34. The zero-order chi connectivity index (χ0) is 27.0. The third kappa shape index (κ3) is 0.645. The third-order valence-electron chi connectivity index (χ3n) is 19.8. The van der Waals surface area contributed by atoms with Crippen LogP contribution in [0.4, 0.5) is 0 Å². The van der Waals surface area contributed by atoms with E-state index in [1.165, 1.54) is 0 Å². The van der Waals surface area contributed by atoms with Crippen LogP contribution in [0.1, 0.15) is 104 Å². The molecule has 1 spiro atoms. The average molecular weight is 583 g/mol. The first kappa shape index (κ1) is 23.4. The van der Waals surface area contributed by atoms with Crippen LogP contribution in [0.15, 0.2) is 0 Å². The van der Waals surface area contributed by atoms with Crippen LogP contribution in [0, 0.1) is 0 Å². The molecule has 0 aromatic rings. The van der Waals surface area contributed by atoms with Crippen molar-refractivity contribution in [3.05, 3.63) is 0 Å². The SMILES string of the molecule is CCOC(=O)CCCCCCCC(=O)[C]12[CH]3[CH]4[CH]5[CH]1[Fe]45321678[CH]2[CH]1[CH]6[C]7(C(=O)CCCCCCCC(=O)OCC)[CH]28. The number of carbonyl (C=O) groups excluding carboxylic acids is 4. The van der Waals surface area contributed by atoms with Gasteiger partial charge in [0.15, 0.2) is 0 Å². The Morgan fingerprint density at radius 2 is 0.821 bits per heavy atom. The van der Waals surface area contributed by atoms with Crippen molar-refractivity contribution < 1.29 is 35.2 Å². The summed E-state index contributed by atoms with van der Waals surface area (Å²) in [5, 5.41) is 0. The molecule has 39 heavy (non-hydrogen) atoms. The number of esters is 2. The van der Waals surface area contributed by atoms with Crippen LogP contribution < -0.4 is 0 Å². The fraction of sp³-hybridized carbons (Fsp3) is 0.875. The van der Waals surface area contributed by atoms with Gasteiger partial charge in [0.05, 0.1) is 0 Å². The van der Waals surface area contributed by atoms with Gasteiger partial charge in [0, 0.05) is 0 Å². The van der Waals surface area contributed by atoms with Gasteiger partial charge in [-0.2, -0.15) is 0 Å². The number of Topliss-reactive ketones (excluding diaryl/α,β-unsaturated/α-hetero) is 2. The monoisotopic (exact) mass is 582 g/mol. The van der Waals surface area contributed by atoms with Crippen molar-refractivity contribution in [1.82, 2.24) is 0 Å². The average Bonchev–Trinajstić information content (AvgIpc) is 3.86. The van der Waals surface area contributed by atoms with Gasteiger partial charge in [-0.25, -0.2) is 0 Å². The molecule has 8 atom stereocenters. The third-order valence-corrected chi connectivity index (χ3v) is 62.6. The van der Waals surface area contributed by atoms with Gasteiger partial charge in [-0.1, -0.05) is 0 Å². The standard InChI is InChI=1S/2C16H23O3.Fe/c2*1-2-19-16(18)13-7-5-3-4-6-12-15(17)14-10-8-9-11-14;/h2*8-11H,2-7,12-13H2,1H3;. The number of ketones is 2. The Morgan fingerprint density at radius 3 is 1.13 bits per heavy atom. The molecule has 0 aromatic carbocycles. The number of unbranched alkanes of at least 4 members (excludes halogenated alkanes) is 8. The topological polar surface area (TPSA) is 86.7 Å². The Labute approximate surface area is 222 Å². The van der Waals surface area contributed by atoms with Gasteiger partial charge in [0.2, 0.25) is 0 Å². The van der Waals surface area contributed by atoms with Crippen LogP contribution in [0.5, 0.6) is 0 Å². The molecule has 10 saturated heterocycles. The molecule has 0 aliphatic carbocycles. The van der Waals surface area contributed by atoms with Gasteiger partial charge in [0.1, 0.15) is 0 Å². The first-order valence-electron chi connectivity index (χ1n) is 16.3. The Balaban J connectivity index is 0.756. The molecule has 10 aliphatic rings. The predicted molar refractivity (Wildman–Crippen MR) is 143 cm³/mol. The summed E-state index contributed by atoms with van der Waals surface area (Å²) in [6.45, 7) is 0.569. The van der Waals surface area contributed by atoms with Gasteiger partial charge in [-0.3, -0.25) is 0 Å². The molecule has 0 aromatic heterocycles. The molecule has 0 saturated carbocycles. The van der Waals surface area contributed by atoms with E-state index in [4.69, 9.17) is 9.47 Å². The molecule has 10 heterocycles. The van der Waals surface area contributed by atoms with Crippen molar-refractivity contribution >= 4 is 23.5 Å². The molecule has 10 rings (SSSR count). The van der Waals surface area contributed by atoms with E-state index >= 15 is 0 Å². The summed E-state index contributed by atoms with van der Waals surface area (Å²) in [5.74, 6) is 1.14. The molecule has 0 N–H and O–H groups in total. The van der Waals surface area contributed by atoms with Crippen LogP contribution in [0.25, 0.3) is 0 Å². The van der Waals surface area contributed by atoms with E-state index in [1.54, 1.807) is 0 Å². The minimum atomic E-state index is -4.03. The summed E-state index contributed by atoms with van der Waals surface area (Å²) >= 11 is 0. The Morgan fingerprint density at radius 1 is 0.513 bits per heavy atom. The van der Waals surface area contributed by atoms with Crippen molar-refractivity contribution in [1.29, 1.82) is 0 Å². The van der Waals surface area contributed by atoms with Crippen LogP contribution >= 0.6 is 0 Å². The molecule has 0 amide bonds.